The molecule has 1 aromatic carbocycles. The topological polar surface area (TPSA) is 125 Å². The van der Waals surface area contributed by atoms with Gasteiger partial charge in [0.15, 0.2) is 0 Å². The van der Waals surface area contributed by atoms with Crippen molar-refractivity contribution in [1.82, 2.24) is 10.2 Å². The van der Waals surface area contributed by atoms with Crippen LogP contribution in [-0.4, -0.2) is 41.7 Å². The molecule has 0 spiro atoms. The van der Waals surface area contributed by atoms with E-state index < -0.39 is 6.04 Å². The quantitative estimate of drug-likeness (QED) is 0.416. The molecule has 0 unspecified atom stereocenters. The molecule has 0 bridgehead atoms. The number of nitrogens with zero attached hydrogens (tertiary/aromatic N) is 1. The van der Waals surface area contributed by atoms with Gasteiger partial charge < -0.3 is 21.7 Å². The van der Waals surface area contributed by atoms with E-state index in [-0.39, 0.29) is 24.2 Å². The summed E-state index contributed by atoms with van der Waals surface area (Å²) in [5.41, 5.74) is 12.2. The van der Waals surface area contributed by atoms with Crippen molar-refractivity contribution in [3.8, 4) is 0 Å². The van der Waals surface area contributed by atoms with Gasteiger partial charge in [-0.2, -0.15) is 0 Å². The van der Waals surface area contributed by atoms with Crippen molar-refractivity contribution in [1.29, 1.82) is 5.41 Å². The van der Waals surface area contributed by atoms with Gasteiger partial charge in [-0.3, -0.25) is 15.0 Å². The molecule has 0 aromatic heterocycles. The number of likely N-dealkylation sites (tertiary alicyclic amines) is 1. The minimum atomic E-state index is -0.405. The van der Waals surface area contributed by atoms with Crippen LogP contribution in [0.2, 0.25) is 0 Å². The molecule has 1 heterocycles. The molecule has 7 heteroatoms. The molecular formula is C14H19N5O2. The maximum atomic E-state index is 12.0. The molecule has 0 saturated carbocycles. The Morgan fingerprint density at radius 1 is 1.33 bits per heavy atom. The smallest absolute Gasteiger partial charge is 0.243 e. The Balaban J connectivity index is 1.86. The average Bonchev–Trinajstić information content (AvgIpc) is 2.44. The summed E-state index contributed by atoms with van der Waals surface area (Å²) in [4.78, 5) is 25.0. The van der Waals surface area contributed by atoms with Crippen molar-refractivity contribution in [3.05, 3.63) is 35.4 Å². The number of hydrogen-bond donors (Lipinski definition) is 4. The van der Waals surface area contributed by atoms with Crippen LogP contribution < -0.4 is 16.8 Å². The molecule has 1 aliphatic heterocycles. The summed E-state index contributed by atoms with van der Waals surface area (Å²) in [5, 5.41) is 10.1. The molecule has 2 amide bonds. The van der Waals surface area contributed by atoms with Crippen LogP contribution in [0.15, 0.2) is 24.3 Å². The maximum Gasteiger partial charge on any atom is 0.243 e. The highest BCUT2D eigenvalue weighted by atomic mass is 16.2. The first-order valence-corrected chi connectivity index (χ1v) is 6.73. The molecule has 112 valence electrons. The largest absolute Gasteiger partial charge is 0.384 e. The SMILES string of the molecule is N=C(N)c1ccc(CNC(=O)[C@@H]2CCN2C(=O)CN)cc1. The van der Waals surface area contributed by atoms with Gasteiger partial charge in [0.25, 0.3) is 0 Å². The van der Waals surface area contributed by atoms with Crippen LogP contribution in [0.5, 0.6) is 0 Å². The van der Waals surface area contributed by atoms with E-state index in [0.717, 1.165) is 5.56 Å². The molecule has 1 fully saturated rings. The molecule has 1 atom stereocenters. The second-order valence-electron chi connectivity index (χ2n) is 4.92. The number of rotatable bonds is 5. The number of amidine groups is 1. The predicted molar refractivity (Wildman–Crippen MR) is 78.5 cm³/mol. The van der Waals surface area contributed by atoms with E-state index >= 15 is 0 Å². The van der Waals surface area contributed by atoms with E-state index in [9.17, 15) is 9.59 Å². The van der Waals surface area contributed by atoms with Crippen molar-refractivity contribution in [3.63, 3.8) is 0 Å². The van der Waals surface area contributed by atoms with Gasteiger partial charge in [0, 0.05) is 18.7 Å². The first-order valence-electron chi connectivity index (χ1n) is 6.73. The zero-order chi connectivity index (χ0) is 15.4. The third kappa shape index (κ3) is 3.38. The lowest BCUT2D eigenvalue weighted by Gasteiger charge is -2.39. The van der Waals surface area contributed by atoms with Gasteiger partial charge in [0.05, 0.1) is 6.54 Å². The summed E-state index contributed by atoms with van der Waals surface area (Å²) in [6.07, 6.45) is 0.668. The second-order valence-corrected chi connectivity index (χ2v) is 4.92. The maximum absolute atomic E-state index is 12.0. The Labute approximate surface area is 122 Å². The third-order valence-corrected chi connectivity index (χ3v) is 3.55. The normalized spacial score (nSPS) is 17.0. The van der Waals surface area contributed by atoms with Crippen LogP contribution in [-0.2, 0) is 16.1 Å². The van der Waals surface area contributed by atoms with Crippen molar-refractivity contribution in [2.45, 2.75) is 19.0 Å². The summed E-state index contributed by atoms with van der Waals surface area (Å²) in [6.45, 7) is 0.885. The van der Waals surface area contributed by atoms with E-state index in [1.807, 2.05) is 0 Å². The van der Waals surface area contributed by atoms with Crippen LogP contribution in [0.25, 0.3) is 0 Å². The summed E-state index contributed by atoms with van der Waals surface area (Å²) < 4.78 is 0. The number of nitrogen functional groups attached to an aromatic ring is 1. The monoisotopic (exact) mass is 289 g/mol. The Kier molecular flexibility index (Phi) is 4.54. The lowest BCUT2D eigenvalue weighted by molar-refractivity contribution is -0.146. The molecule has 1 aliphatic rings. The van der Waals surface area contributed by atoms with Crippen molar-refractivity contribution >= 4 is 17.6 Å². The van der Waals surface area contributed by atoms with Gasteiger partial charge in [-0.05, 0) is 12.0 Å². The van der Waals surface area contributed by atoms with Crippen molar-refractivity contribution in [2.75, 3.05) is 13.1 Å². The Morgan fingerprint density at radius 3 is 2.48 bits per heavy atom. The highest BCUT2D eigenvalue weighted by Crippen LogP contribution is 2.17. The van der Waals surface area contributed by atoms with Crippen LogP contribution in [0, 0.1) is 5.41 Å². The molecule has 0 aliphatic carbocycles. The zero-order valence-electron chi connectivity index (χ0n) is 11.6. The van der Waals surface area contributed by atoms with Gasteiger partial charge in [-0.15, -0.1) is 0 Å². The van der Waals surface area contributed by atoms with E-state index in [1.54, 1.807) is 24.3 Å². The summed E-state index contributed by atoms with van der Waals surface area (Å²) in [5.74, 6) is -0.359. The Morgan fingerprint density at radius 2 is 2.00 bits per heavy atom. The number of hydrogen-bond acceptors (Lipinski definition) is 4. The molecule has 2 rings (SSSR count). The molecule has 6 N–H and O–H groups in total. The first kappa shape index (κ1) is 15.0. The van der Waals surface area contributed by atoms with Gasteiger partial charge >= 0.3 is 0 Å². The number of nitrogens with two attached hydrogens (primary N) is 2. The molecule has 7 nitrogen and oxygen atoms in total. The lowest BCUT2D eigenvalue weighted by atomic mass is 10.0. The van der Waals surface area contributed by atoms with E-state index in [2.05, 4.69) is 5.32 Å². The van der Waals surface area contributed by atoms with Crippen molar-refractivity contribution in [2.24, 2.45) is 11.5 Å². The molecule has 0 radical (unpaired) electrons. The van der Waals surface area contributed by atoms with Gasteiger partial charge in [-0.25, -0.2) is 0 Å². The number of carbonyl (C=O) groups excluding carboxylic acids is 2. The predicted octanol–water partition coefficient (Wildman–Crippen LogP) is -0.854. The van der Waals surface area contributed by atoms with Gasteiger partial charge in [-0.1, -0.05) is 24.3 Å². The first-order chi connectivity index (χ1) is 10.0. The third-order valence-electron chi connectivity index (χ3n) is 3.55. The van der Waals surface area contributed by atoms with Gasteiger partial charge in [0.2, 0.25) is 11.8 Å². The summed E-state index contributed by atoms with van der Waals surface area (Å²) >= 11 is 0. The van der Waals surface area contributed by atoms with Crippen LogP contribution in [0.3, 0.4) is 0 Å². The van der Waals surface area contributed by atoms with E-state index in [1.165, 1.54) is 4.90 Å². The zero-order valence-corrected chi connectivity index (χ0v) is 11.6. The summed E-state index contributed by atoms with van der Waals surface area (Å²) in [7, 11) is 0. The van der Waals surface area contributed by atoms with Crippen LogP contribution in [0.1, 0.15) is 17.5 Å². The highest BCUT2D eigenvalue weighted by Gasteiger charge is 2.36. The summed E-state index contributed by atoms with van der Waals surface area (Å²) in [6, 6.07) is 6.67. The molecule has 1 aromatic rings. The Bertz CT molecular complexity index is 555. The average molecular weight is 289 g/mol. The van der Waals surface area contributed by atoms with Crippen molar-refractivity contribution < 1.29 is 9.59 Å². The Hall–Kier alpha value is -2.41. The number of nitrogens with one attached hydrogen (secondary N) is 2. The fourth-order valence-corrected chi connectivity index (χ4v) is 2.18. The highest BCUT2D eigenvalue weighted by molar-refractivity contribution is 5.95. The molecular weight excluding hydrogens is 270 g/mol. The van der Waals surface area contributed by atoms with Gasteiger partial charge in [0.1, 0.15) is 11.9 Å². The lowest BCUT2D eigenvalue weighted by Crippen LogP contribution is -2.59. The number of benzene rings is 1. The molecule has 21 heavy (non-hydrogen) atoms. The number of carbonyl (C=O) groups is 2. The number of amides is 2. The van der Waals surface area contributed by atoms with Crippen LogP contribution >= 0.6 is 0 Å². The second kappa shape index (κ2) is 6.36. The van der Waals surface area contributed by atoms with Crippen LogP contribution in [0.4, 0.5) is 0 Å². The van der Waals surface area contributed by atoms with E-state index in [4.69, 9.17) is 16.9 Å². The standard InChI is InChI=1S/C14H19N5O2/c15-7-12(20)19-6-5-11(19)14(21)18-8-9-1-3-10(4-2-9)13(16)17/h1-4,11H,5-8,15H2,(H3,16,17)(H,18,21)/t11-/m0/s1. The fraction of sp³-hybridized carbons (Fsp3) is 0.357. The molecule has 1 saturated heterocycles. The van der Waals surface area contributed by atoms with E-state index in [0.29, 0.717) is 25.1 Å². The minimum Gasteiger partial charge on any atom is -0.384 e. The minimum absolute atomic E-state index is 0.0102. The fourth-order valence-electron chi connectivity index (χ4n) is 2.18.